The Hall–Kier alpha value is -17.1. The van der Waals surface area contributed by atoms with Crippen LogP contribution in [0.1, 0.15) is 110 Å². The van der Waals surface area contributed by atoms with Crippen molar-refractivity contribution in [2.75, 3.05) is 21.3 Å². The van der Waals surface area contributed by atoms with Crippen molar-refractivity contribution in [2.45, 2.75) is 91.4 Å². The number of carbonyl (C=O) groups excluding carboxylic acids is 1. The SMILES string of the molecule is Cc1cncc(-c2nc(NC3CCCc4cccnc43)c3c(-c4ccccc4)ccn3n2)c1.Cc1cncc(-c2nc(NC3CCCc4cccnc43)c3c(-c4ccccc4)ccn3n2)c1.Cc1cncc(-c2nc(NCc3ccccc3C#N)c3c(-c4ccccc4)ccn3n2)c1.Cc1cncc(-c2nc(NCc3ccccc3C(N)=O)c3c(-c4ccccc4)ccn3n2)c1. The van der Waals surface area contributed by atoms with E-state index in [9.17, 15) is 10.1 Å². The predicted molar refractivity (Wildman–Crippen MR) is 513 cm³/mol. The Morgan fingerprint density at radius 2 is 0.695 bits per heavy atom. The van der Waals surface area contributed by atoms with Crippen LogP contribution in [-0.2, 0) is 25.9 Å². The van der Waals surface area contributed by atoms with Crippen molar-refractivity contribution in [3.63, 3.8) is 0 Å². The third-order valence-electron chi connectivity index (χ3n) is 23.2. The molecule has 2 atom stereocenters. The van der Waals surface area contributed by atoms with Gasteiger partial charge in [-0.05, 0) is 206 Å². The summed E-state index contributed by atoms with van der Waals surface area (Å²) >= 11 is 0. The maximum absolute atomic E-state index is 11.9. The number of primary amides is 1. The lowest BCUT2D eigenvalue weighted by molar-refractivity contribution is 0.0999. The summed E-state index contributed by atoms with van der Waals surface area (Å²) < 4.78 is 7.54. The number of nitrogens with one attached hydrogen (secondary N) is 4. The minimum Gasteiger partial charge on any atom is -0.366 e. The molecule has 6 aromatic carbocycles. The molecule has 0 spiro atoms. The molecule has 0 fully saturated rings. The number of carbonyl (C=O) groups is 1. The van der Waals surface area contributed by atoms with E-state index in [2.05, 4.69) is 156 Å². The zero-order valence-electron chi connectivity index (χ0n) is 72.5. The number of nitrogens with zero attached hydrogens (tertiary/aromatic N) is 19. The van der Waals surface area contributed by atoms with E-state index in [1.54, 1.807) is 30.7 Å². The van der Waals surface area contributed by atoms with Crippen LogP contribution < -0.4 is 27.0 Å². The standard InChI is InChI=1S/2C27H24N6.C26H22N6O.C26H20N6/c2*1-18-15-21(17-28-16-18)26-31-27(30-23-11-5-9-20-10-6-13-29-24(20)23)25-22(12-14-33(25)32-26)19-7-3-2-4-8-19;1-17-13-20(15-28-14-17)25-30-26(29-16-19-9-5-6-10-22(19)24(27)33)23-21(11-12-32(23)31-25)18-7-3-2-4-8-18;1-18-13-22(16-28-15-18)25-30-26(29-17-21-10-6-5-9-20(21)14-27)24-23(11-12-32(24)31-25)19-7-3-2-4-8-19/h2*2-4,6-8,10,12-17,23H,5,9,11H2,1H3,(H,30,31,32);2-15H,16H2,1H3,(H2,27,33)(H,29,30,31);2-13,15-16H,17H2,1H3,(H,29,30,31). The highest BCUT2D eigenvalue weighted by molar-refractivity contribution is 5.96. The lowest BCUT2D eigenvalue weighted by atomic mass is 9.92. The van der Waals surface area contributed by atoms with Gasteiger partial charge in [0.2, 0.25) is 5.91 Å². The number of hydrogen-bond acceptors (Lipinski definition) is 20. The smallest absolute Gasteiger partial charge is 0.249 e. The van der Waals surface area contributed by atoms with Gasteiger partial charge in [0.05, 0.1) is 35.1 Å². The molecule has 14 heterocycles. The van der Waals surface area contributed by atoms with Gasteiger partial charge in [0.1, 0.15) is 22.1 Å². The molecule has 25 heteroatoms. The number of rotatable bonds is 19. The third kappa shape index (κ3) is 18.4. The number of fused-ring (bicyclic) bond motifs is 6. The van der Waals surface area contributed by atoms with Crippen LogP contribution in [0.25, 0.3) is 112 Å². The Morgan fingerprint density at radius 1 is 0.374 bits per heavy atom. The third-order valence-corrected chi connectivity index (χ3v) is 23.2. The first kappa shape index (κ1) is 83.4. The van der Waals surface area contributed by atoms with Gasteiger partial charge in [0, 0.05) is 150 Å². The summed E-state index contributed by atoms with van der Waals surface area (Å²) in [6.45, 7) is 8.90. The topological polar surface area (TPSA) is 313 Å². The first-order valence-corrected chi connectivity index (χ1v) is 43.6. The molecule has 1 amide bonds. The van der Waals surface area contributed by atoms with Gasteiger partial charge in [0.15, 0.2) is 46.6 Å². The first-order chi connectivity index (χ1) is 64.3. The second-order valence-electron chi connectivity index (χ2n) is 32.5. The molecule has 0 bridgehead atoms. The summed E-state index contributed by atoms with van der Waals surface area (Å²) in [6.07, 6.45) is 32.5. The highest BCUT2D eigenvalue weighted by Crippen LogP contribution is 2.41. The van der Waals surface area contributed by atoms with Gasteiger partial charge in [0.25, 0.3) is 0 Å². The van der Waals surface area contributed by atoms with Crippen LogP contribution in [0.5, 0.6) is 0 Å². The molecule has 2 unspecified atom stereocenters. The van der Waals surface area contributed by atoms with E-state index in [0.717, 1.165) is 184 Å². The molecule has 0 saturated heterocycles. The molecule has 22 rings (SSSR count). The molecular formula is C106H90N24O. The Labute approximate surface area is 756 Å². The minimum atomic E-state index is -0.459. The predicted octanol–water partition coefficient (Wildman–Crippen LogP) is 21.0. The van der Waals surface area contributed by atoms with Crippen molar-refractivity contribution in [3.8, 4) is 96.1 Å². The molecule has 0 saturated carbocycles. The zero-order valence-corrected chi connectivity index (χ0v) is 72.5. The average Bonchev–Trinajstić information content (AvgIpc) is 1.62. The monoisotopic (exact) mass is 1710 g/mol. The van der Waals surface area contributed by atoms with Crippen molar-refractivity contribution >= 4 is 51.2 Å². The lowest BCUT2D eigenvalue weighted by Gasteiger charge is -2.26. The van der Waals surface area contributed by atoms with Crippen molar-refractivity contribution < 1.29 is 4.79 Å². The number of hydrogen-bond donors (Lipinski definition) is 5. The minimum absolute atomic E-state index is 0.107. The fraction of sp³-hybridized carbons (Fsp3) is 0.132. The average molecular weight is 1720 g/mol. The summed E-state index contributed by atoms with van der Waals surface area (Å²) in [4.78, 5) is 58.4. The molecule has 14 aromatic heterocycles. The number of aromatic nitrogens is 18. The number of pyridine rings is 6. The van der Waals surface area contributed by atoms with E-state index < -0.39 is 5.91 Å². The van der Waals surface area contributed by atoms with E-state index in [0.29, 0.717) is 59.1 Å². The molecule has 2 aliphatic carbocycles. The second kappa shape index (κ2) is 38.0. The number of benzene rings is 6. The first-order valence-electron chi connectivity index (χ1n) is 43.6. The molecule has 25 nitrogen and oxygen atoms in total. The second-order valence-corrected chi connectivity index (χ2v) is 32.5. The van der Waals surface area contributed by atoms with Crippen molar-refractivity contribution in [1.82, 2.24) is 88.3 Å². The summed E-state index contributed by atoms with van der Waals surface area (Å²) in [5, 5.41) is 43.0. The zero-order chi connectivity index (χ0) is 89.1. The van der Waals surface area contributed by atoms with Crippen LogP contribution in [0.15, 0.2) is 329 Å². The van der Waals surface area contributed by atoms with Gasteiger partial charge < -0.3 is 27.0 Å². The molecule has 0 aliphatic heterocycles. The van der Waals surface area contributed by atoms with E-state index in [1.807, 2.05) is 235 Å². The van der Waals surface area contributed by atoms with Gasteiger partial charge in [-0.2, -0.15) is 5.26 Å². The number of nitriles is 1. The van der Waals surface area contributed by atoms with E-state index in [1.165, 1.54) is 11.1 Å². The van der Waals surface area contributed by atoms with Gasteiger partial charge in [-0.15, -0.1) is 20.4 Å². The summed E-state index contributed by atoms with van der Waals surface area (Å²) in [7, 11) is 0. The Bertz CT molecular complexity index is 7350. The van der Waals surface area contributed by atoms with E-state index in [-0.39, 0.29) is 12.1 Å². The highest BCUT2D eigenvalue weighted by atomic mass is 16.1. The van der Waals surface area contributed by atoms with Crippen LogP contribution >= 0.6 is 0 Å². The lowest BCUT2D eigenvalue weighted by Crippen LogP contribution is -2.20. The largest absolute Gasteiger partial charge is 0.366 e. The Kier molecular flexibility index (Phi) is 24.2. The Balaban J connectivity index is 0.000000113. The van der Waals surface area contributed by atoms with Gasteiger partial charge >= 0.3 is 0 Å². The van der Waals surface area contributed by atoms with Gasteiger partial charge in [-0.25, -0.2) is 38.0 Å². The maximum atomic E-state index is 11.9. The summed E-state index contributed by atoms with van der Waals surface area (Å²) in [5.74, 6) is 4.96. The summed E-state index contributed by atoms with van der Waals surface area (Å²) in [5.41, 5.74) is 33.3. The van der Waals surface area contributed by atoms with Gasteiger partial charge in [-0.1, -0.05) is 170 Å². The molecular weight excluding hydrogens is 1630 g/mol. The molecule has 20 aromatic rings. The number of nitrogens with two attached hydrogens (primary N) is 1. The quantitative estimate of drug-likeness (QED) is 0.0502. The van der Waals surface area contributed by atoms with Crippen LogP contribution in [0, 0.1) is 39.0 Å². The molecule has 131 heavy (non-hydrogen) atoms. The van der Waals surface area contributed by atoms with Crippen molar-refractivity contribution in [3.05, 3.63) is 396 Å². The van der Waals surface area contributed by atoms with Crippen molar-refractivity contribution in [2.24, 2.45) is 5.73 Å². The fourth-order valence-corrected chi connectivity index (χ4v) is 17.0. The number of aryl methyl sites for hydroxylation is 6. The van der Waals surface area contributed by atoms with Crippen LogP contribution in [-0.4, -0.2) is 94.2 Å². The van der Waals surface area contributed by atoms with Crippen LogP contribution in [0.2, 0.25) is 0 Å². The number of anilines is 4. The van der Waals surface area contributed by atoms with Crippen LogP contribution in [0.3, 0.4) is 0 Å². The normalized spacial score (nSPS) is 13.1. The highest BCUT2D eigenvalue weighted by Gasteiger charge is 2.28. The molecule has 6 N–H and O–H groups in total. The molecule has 640 valence electrons. The Morgan fingerprint density at radius 3 is 1.05 bits per heavy atom. The number of amides is 1. The maximum Gasteiger partial charge on any atom is 0.249 e. The summed E-state index contributed by atoms with van der Waals surface area (Å²) in [6, 6.07) is 83.2. The van der Waals surface area contributed by atoms with E-state index in [4.69, 9.17) is 56.0 Å². The molecule has 0 radical (unpaired) electrons. The fourth-order valence-electron chi connectivity index (χ4n) is 17.0. The van der Waals surface area contributed by atoms with E-state index >= 15 is 0 Å². The molecule has 2 aliphatic rings. The van der Waals surface area contributed by atoms with Crippen molar-refractivity contribution in [1.29, 1.82) is 5.26 Å². The van der Waals surface area contributed by atoms with Crippen LogP contribution in [0.4, 0.5) is 23.3 Å². The van der Waals surface area contributed by atoms with Gasteiger partial charge in [-0.3, -0.25) is 34.7 Å².